The average Bonchev–Trinajstić information content (AvgIpc) is 2.96. The molecule has 1 atom stereocenters. The molecule has 0 radical (unpaired) electrons. The molecule has 0 aliphatic heterocycles. The predicted molar refractivity (Wildman–Crippen MR) is 65.4 cm³/mol. The molecular formula is C11H16N4S. The van der Waals surface area contributed by atoms with Crippen LogP contribution in [-0.2, 0) is 6.54 Å². The molecule has 16 heavy (non-hydrogen) atoms. The third-order valence-corrected chi connectivity index (χ3v) is 3.23. The first kappa shape index (κ1) is 11.3. The Balaban J connectivity index is 1.65. The molecule has 2 aromatic heterocycles. The number of rotatable bonds is 6. The summed E-state index contributed by atoms with van der Waals surface area (Å²) in [5.74, 6) is 0. The fourth-order valence-electron chi connectivity index (χ4n) is 1.55. The van der Waals surface area contributed by atoms with Crippen molar-refractivity contribution in [3.8, 4) is 0 Å². The first-order valence-electron chi connectivity index (χ1n) is 5.46. The molecule has 0 bridgehead atoms. The summed E-state index contributed by atoms with van der Waals surface area (Å²) in [5.41, 5.74) is 1.37. The summed E-state index contributed by atoms with van der Waals surface area (Å²) in [5, 5.41) is 15.5. The van der Waals surface area contributed by atoms with Crippen LogP contribution < -0.4 is 5.32 Å². The van der Waals surface area contributed by atoms with Crippen molar-refractivity contribution in [2.45, 2.75) is 25.9 Å². The van der Waals surface area contributed by atoms with Crippen LogP contribution >= 0.6 is 11.3 Å². The highest BCUT2D eigenvalue weighted by molar-refractivity contribution is 7.07. The van der Waals surface area contributed by atoms with Crippen molar-refractivity contribution >= 4 is 11.3 Å². The highest BCUT2D eigenvalue weighted by Gasteiger charge is 2.03. The van der Waals surface area contributed by atoms with Gasteiger partial charge in [-0.05, 0) is 42.3 Å². The second-order valence-corrected chi connectivity index (χ2v) is 4.53. The van der Waals surface area contributed by atoms with E-state index in [1.54, 1.807) is 17.5 Å². The van der Waals surface area contributed by atoms with E-state index in [4.69, 9.17) is 0 Å². The minimum absolute atomic E-state index is 0.432. The summed E-state index contributed by atoms with van der Waals surface area (Å²) in [6.45, 7) is 4.11. The van der Waals surface area contributed by atoms with Gasteiger partial charge in [0.1, 0.15) is 0 Å². The monoisotopic (exact) mass is 236 g/mol. The van der Waals surface area contributed by atoms with E-state index in [0.29, 0.717) is 6.04 Å². The van der Waals surface area contributed by atoms with Crippen LogP contribution in [0.2, 0.25) is 0 Å². The summed E-state index contributed by atoms with van der Waals surface area (Å²) in [7, 11) is 0. The zero-order valence-electron chi connectivity index (χ0n) is 9.34. The lowest BCUT2D eigenvalue weighted by atomic mass is 10.2. The van der Waals surface area contributed by atoms with Crippen LogP contribution in [0.3, 0.4) is 0 Å². The van der Waals surface area contributed by atoms with Gasteiger partial charge in [-0.15, -0.1) is 5.10 Å². The molecule has 1 N–H and O–H groups in total. The molecule has 0 amide bonds. The van der Waals surface area contributed by atoms with Gasteiger partial charge in [-0.25, -0.2) is 0 Å². The summed E-state index contributed by atoms with van der Waals surface area (Å²) >= 11 is 1.74. The van der Waals surface area contributed by atoms with Crippen LogP contribution in [0.1, 0.15) is 24.9 Å². The number of aryl methyl sites for hydroxylation is 1. The summed E-state index contributed by atoms with van der Waals surface area (Å²) in [4.78, 5) is 0. The third kappa shape index (κ3) is 3.15. The van der Waals surface area contributed by atoms with Crippen molar-refractivity contribution in [3.63, 3.8) is 0 Å². The number of nitrogens with zero attached hydrogens (tertiary/aromatic N) is 3. The number of hydrogen-bond donors (Lipinski definition) is 1. The highest BCUT2D eigenvalue weighted by atomic mass is 32.1. The van der Waals surface area contributed by atoms with Gasteiger partial charge in [0.05, 0.1) is 6.20 Å². The number of thiophene rings is 1. The zero-order valence-corrected chi connectivity index (χ0v) is 10.2. The molecule has 2 heterocycles. The molecule has 0 aromatic carbocycles. The second kappa shape index (κ2) is 5.77. The molecule has 2 aromatic rings. The molecule has 0 fully saturated rings. The van der Waals surface area contributed by atoms with E-state index in [9.17, 15) is 0 Å². The van der Waals surface area contributed by atoms with Crippen molar-refractivity contribution < 1.29 is 0 Å². The standard InChI is InChI=1S/C11H16N4S/c1-10(11-3-8-16-9-11)12-4-2-6-15-7-5-13-14-15/h3,5,7-10,12H,2,4,6H2,1H3. The Hall–Kier alpha value is -1.20. The lowest BCUT2D eigenvalue weighted by Crippen LogP contribution is -2.20. The van der Waals surface area contributed by atoms with Gasteiger partial charge in [0, 0.05) is 18.8 Å². The first-order valence-corrected chi connectivity index (χ1v) is 6.40. The fourth-order valence-corrected chi connectivity index (χ4v) is 2.30. The Kier molecular flexibility index (Phi) is 4.07. The van der Waals surface area contributed by atoms with Crippen LogP contribution in [0, 0.1) is 0 Å². The Morgan fingerprint density at radius 2 is 2.50 bits per heavy atom. The number of hydrogen-bond acceptors (Lipinski definition) is 4. The minimum Gasteiger partial charge on any atom is -0.310 e. The molecule has 5 heteroatoms. The van der Waals surface area contributed by atoms with Gasteiger partial charge in [-0.3, -0.25) is 4.68 Å². The Labute approximate surface area is 99.3 Å². The van der Waals surface area contributed by atoms with Crippen LogP contribution in [0.4, 0.5) is 0 Å². The van der Waals surface area contributed by atoms with Crippen molar-refractivity contribution in [3.05, 3.63) is 34.8 Å². The second-order valence-electron chi connectivity index (χ2n) is 3.75. The molecule has 0 aliphatic carbocycles. The molecular weight excluding hydrogens is 220 g/mol. The normalized spacial score (nSPS) is 12.8. The van der Waals surface area contributed by atoms with E-state index in [1.165, 1.54) is 5.56 Å². The zero-order chi connectivity index (χ0) is 11.2. The van der Waals surface area contributed by atoms with Gasteiger partial charge in [-0.2, -0.15) is 11.3 Å². The van der Waals surface area contributed by atoms with Crippen molar-refractivity contribution in [2.75, 3.05) is 6.54 Å². The maximum absolute atomic E-state index is 3.92. The quantitative estimate of drug-likeness (QED) is 0.781. The smallest absolute Gasteiger partial charge is 0.0692 e. The summed E-state index contributed by atoms with van der Waals surface area (Å²) in [6.07, 6.45) is 4.67. The van der Waals surface area contributed by atoms with Crippen molar-refractivity contribution in [1.29, 1.82) is 0 Å². The number of nitrogens with one attached hydrogen (secondary N) is 1. The predicted octanol–water partition coefficient (Wildman–Crippen LogP) is 2.08. The molecule has 0 saturated heterocycles. The Morgan fingerprint density at radius 1 is 1.56 bits per heavy atom. The maximum atomic E-state index is 3.92. The van der Waals surface area contributed by atoms with Crippen LogP contribution in [-0.4, -0.2) is 21.5 Å². The number of aromatic nitrogens is 3. The largest absolute Gasteiger partial charge is 0.310 e. The lowest BCUT2D eigenvalue weighted by molar-refractivity contribution is 0.500. The van der Waals surface area contributed by atoms with E-state index in [0.717, 1.165) is 19.5 Å². The average molecular weight is 236 g/mol. The highest BCUT2D eigenvalue weighted by Crippen LogP contribution is 2.15. The molecule has 2 rings (SSSR count). The molecule has 4 nitrogen and oxygen atoms in total. The molecule has 0 saturated carbocycles. The molecule has 0 aliphatic rings. The van der Waals surface area contributed by atoms with Crippen LogP contribution in [0.15, 0.2) is 29.2 Å². The van der Waals surface area contributed by atoms with Crippen molar-refractivity contribution in [2.24, 2.45) is 0 Å². The van der Waals surface area contributed by atoms with E-state index >= 15 is 0 Å². The topological polar surface area (TPSA) is 42.7 Å². The SMILES string of the molecule is CC(NCCCn1ccnn1)c1ccsc1. The maximum Gasteiger partial charge on any atom is 0.0692 e. The van der Waals surface area contributed by atoms with Crippen molar-refractivity contribution in [1.82, 2.24) is 20.3 Å². The van der Waals surface area contributed by atoms with Gasteiger partial charge in [0.25, 0.3) is 0 Å². The summed E-state index contributed by atoms with van der Waals surface area (Å²) in [6, 6.07) is 2.60. The fraction of sp³-hybridized carbons (Fsp3) is 0.455. The molecule has 0 spiro atoms. The molecule has 1 unspecified atom stereocenters. The van der Waals surface area contributed by atoms with Crippen LogP contribution in [0.25, 0.3) is 0 Å². The first-order chi connectivity index (χ1) is 7.86. The Bertz CT molecular complexity index is 382. The van der Waals surface area contributed by atoms with E-state index in [2.05, 4.69) is 39.4 Å². The Morgan fingerprint density at radius 3 is 3.19 bits per heavy atom. The van der Waals surface area contributed by atoms with Gasteiger partial charge in [0.15, 0.2) is 0 Å². The van der Waals surface area contributed by atoms with Gasteiger partial charge >= 0.3 is 0 Å². The van der Waals surface area contributed by atoms with Crippen LogP contribution in [0.5, 0.6) is 0 Å². The third-order valence-electron chi connectivity index (χ3n) is 2.53. The minimum atomic E-state index is 0.432. The van der Waals surface area contributed by atoms with Gasteiger partial charge in [0.2, 0.25) is 0 Å². The van der Waals surface area contributed by atoms with E-state index in [1.807, 2.05) is 10.9 Å². The summed E-state index contributed by atoms with van der Waals surface area (Å²) < 4.78 is 1.86. The van der Waals surface area contributed by atoms with E-state index in [-0.39, 0.29) is 0 Å². The lowest BCUT2D eigenvalue weighted by Gasteiger charge is -2.11. The molecule has 86 valence electrons. The van der Waals surface area contributed by atoms with Gasteiger partial charge in [-0.1, -0.05) is 5.21 Å². The van der Waals surface area contributed by atoms with E-state index < -0.39 is 0 Å². The van der Waals surface area contributed by atoms with Gasteiger partial charge < -0.3 is 5.32 Å².